The molecule has 1 aliphatic rings. The van der Waals surface area contributed by atoms with Crippen LogP contribution >= 0.6 is 0 Å². The predicted molar refractivity (Wildman–Crippen MR) is 123 cm³/mol. The van der Waals surface area contributed by atoms with Gasteiger partial charge in [0.05, 0.1) is 19.8 Å². The first kappa shape index (κ1) is 20.4. The van der Waals surface area contributed by atoms with Crippen molar-refractivity contribution in [3.8, 4) is 0 Å². The molecule has 0 saturated carbocycles. The van der Waals surface area contributed by atoms with Gasteiger partial charge in [0.15, 0.2) is 0 Å². The van der Waals surface area contributed by atoms with Crippen LogP contribution in [-0.4, -0.2) is 50.7 Å². The van der Waals surface area contributed by atoms with Gasteiger partial charge in [-0.25, -0.2) is 0 Å². The SMILES string of the molecule is CC(c1ccc2ccccc2c1)N(C)CC(=O)Nc1ccc(N2CCOCC2)cc1. The van der Waals surface area contributed by atoms with E-state index in [1.54, 1.807) is 0 Å². The summed E-state index contributed by atoms with van der Waals surface area (Å²) < 4.78 is 5.40. The number of rotatable bonds is 6. The van der Waals surface area contributed by atoms with E-state index in [2.05, 4.69) is 76.6 Å². The number of fused-ring (bicyclic) bond motifs is 1. The summed E-state index contributed by atoms with van der Waals surface area (Å²) in [6, 6.07) is 23.0. The molecule has 0 bridgehead atoms. The Labute approximate surface area is 178 Å². The van der Waals surface area contributed by atoms with Crippen molar-refractivity contribution in [3.63, 3.8) is 0 Å². The number of likely N-dealkylation sites (N-methyl/N-ethyl adjacent to an activating group) is 1. The van der Waals surface area contributed by atoms with Crippen molar-refractivity contribution in [2.24, 2.45) is 0 Å². The van der Waals surface area contributed by atoms with Gasteiger partial charge in [-0.3, -0.25) is 9.69 Å². The number of hydrogen-bond donors (Lipinski definition) is 1. The third-order valence-electron chi connectivity index (χ3n) is 5.84. The van der Waals surface area contributed by atoms with Gasteiger partial charge in [-0.05, 0) is 60.6 Å². The molecule has 1 atom stereocenters. The summed E-state index contributed by atoms with van der Waals surface area (Å²) in [6.07, 6.45) is 0. The highest BCUT2D eigenvalue weighted by molar-refractivity contribution is 5.92. The van der Waals surface area contributed by atoms with Gasteiger partial charge >= 0.3 is 0 Å². The summed E-state index contributed by atoms with van der Waals surface area (Å²) in [4.78, 5) is 16.9. The minimum Gasteiger partial charge on any atom is -0.378 e. The number of hydrogen-bond acceptors (Lipinski definition) is 4. The molecule has 1 amide bonds. The minimum absolute atomic E-state index is 0.00994. The third kappa shape index (κ3) is 4.81. The Morgan fingerprint density at radius 2 is 1.73 bits per heavy atom. The lowest BCUT2D eigenvalue weighted by atomic mass is 10.0. The van der Waals surface area contributed by atoms with Gasteiger partial charge in [0.25, 0.3) is 0 Å². The molecule has 30 heavy (non-hydrogen) atoms. The molecule has 0 aliphatic carbocycles. The number of anilines is 2. The van der Waals surface area contributed by atoms with Crippen LogP contribution < -0.4 is 10.2 Å². The molecular formula is C25H29N3O2. The highest BCUT2D eigenvalue weighted by Crippen LogP contribution is 2.24. The van der Waals surface area contributed by atoms with Crippen LogP contribution in [0.5, 0.6) is 0 Å². The molecule has 3 aromatic carbocycles. The van der Waals surface area contributed by atoms with Crippen LogP contribution in [0.4, 0.5) is 11.4 Å². The highest BCUT2D eigenvalue weighted by atomic mass is 16.5. The fourth-order valence-electron chi connectivity index (χ4n) is 3.86. The number of benzene rings is 3. The molecule has 3 aromatic rings. The number of nitrogens with zero attached hydrogens (tertiary/aromatic N) is 2. The Bertz CT molecular complexity index is 997. The zero-order chi connectivity index (χ0) is 20.9. The fraction of sp³-hybridized carbons (Fsp3) is 0.320. The quantitative estimate of drug-likeness (QED) is 0.666. The van der Waals surface area contributed by atoms with Crippen molar-refractivity contribution in [1.82, 2.24) is 4.90 Å². The topological polar surface area (TPSA) is 44.8 Å². The van der Waals surface area contributed by atoms with Crippen molar-refractivity contribution in [3.05, 3.63) is 72.3 Å². The van der Waals surface area contributed by atoms with Crippen LogP contribution in [0.2, 0.25) is 0 Å². The first-order valence-corrected chi connectivity index (χ1v) is 10.5. The van der Waals surface area contributed by atoms with Crippen molar-refractivity contribution in [1.29, 1.82) is 0 Å². The Hall–Kier alpha value is -2.89. The minimum atomic E-state index is -0.00994. The van der Waals surface area contributed by atoms with E-state index in [9.17, 15) is 4.79 Å². The molecule has 1 saturated heterocycles. The summed E-state index contributed by atoms with van der Waals surface area (Å²) in [6.45, 7) is 5.81. The second-order valence-corrected chi connectivity index (χ2v) is 7.89. The monoisotopic (exact) mass is 403 g/mol. The first-order chi connectivity index (χ1) is 14.6. The Kier molecular flexibility index (Phi) is 6.31. The molecule has 156 valence electrons. The number of morpholine rings is 1. The van der Waals surface area contributed by atoms with Gasteiger partial charge in [0.2, 0.25) is 5.91 Å². The summed E-state index contributed by atoms with van der Waals surface area (Å²) in [5.41, 5.74) is 3.20. The number of carbonyl (C=O) groups excluding carboxylic acids is 1. The molecule has 0 aromatic heterocycles. The normalized spacial score (nSPS) is 15.4. The van der Waals surface area contributed by atoms with Crippen molar-refractivity contribution in [2.75, 3.05) is 50.1 Å². The van der Waals surface area contributed by atoms with Crippen LogP contribution in [0.3, 0.4) is 0 Å². The van der Waals surface area contributed by atoms with E-state index in [4.69, 9.17) is 4.74 Å². The maximum absolute atomic E-state index is 12.6. The zero-order valence-electron chi connectivity index (χ0n) is 17.7. The summed E-state index contributed by atoms with van der Waals surface area (Å²) >= 11 is 0. The molecule has 1 heterocycles. The molecule has 4 rings (SSSR count). The lowest BCUT2D eigenvalue weighted by Crippen LogP contribution is -2.36. The fourth-order valence-corrected chi connectivity index (χ4v) is 3.86. The Morgan fingerprint density at radius 1 is 1.03 bits per heavy atom. The van der Waals surface area contributed by atoms with Crippen LogP contribution in [0.15, 0.2) is 66.7 Å². The van der Waals surface area contributed by atoms with Gasteiger partial charge in [0.1, 0.15) is 0 Å². The number of amides is 1. The molecule has 1 fully saturated rings. The number of ether oxygens (including phenoxy) is 1. The first-order valence-electron chi connectivity index (χ1n) is 10.5. The van der Waals surface area contributed by atoms with Gasteiger partial charge < -0.3 is 15.0 Å². The van der Waals surface area contributed by atoms with E-state index in [1.807, 2.05) is 19.2 Å². The lowest BCUT2D eigenvalue weighted by Gasteiger charge is -2.29. The van der Waals surface area contributed by atoms with Crippen molar-refractivity contribution >= 4 is 28.1 Å². The summed E-state index contributed by atoms with van der Waals surface area (Å²) in [5.74, 6) is -0.00994. The average molecular weight is 404 g/mol. The van der Waals surface area contributed by atoms with Crippen LogP contribution in [0.1, 0.15) is 18.5 Å². The molecule has 1 aliphatic heterocycles. The zero-order valence-corrected chi connectivity index (χ0v) is 17.7. The average Bonchev–Trinajstić information content (AvgIpc) is 2.79. The summed E-state index contributed by atoms with van der Waals surface area (Å²) in [7, 11) is 1.99. The van der Waals surface area contributed by atoms with E-state index in [0.717, 1.165) is 32.0 Å². The lowest BCUT2D eigenvalue weighted by molar-refractivity contribution is -0.117. The highest BCUT2D eigenvalue weighted by Gasteiger charge is 2.16. The molecule has 1 unspecified atom stereocenters. The maximum atomic E-state index is 12.6. The number of carbonyl (C=O) groups is 1. The molecular weight excluding hydrogens is 374 g/mol. The van der Waals surface area contributed by atoms with Crippen LogP contribution in [-0.2, 0) is 9.53 Å². The smallest absolute Gasteiger partial charge is 0.238 e. The van der Waals surface area contributed by atoms with E-state index >= 15 is 0 Å². The van der Waals surface area contributed by atoms with Crippen LogP contribution in [0, 0.1) is 0 Å². The molecule has 0 spiro atoms. The van der Waals surface area contributed by atoms with Crippen LogP contribution in [0.25, 0.3) is 10.8 Å². The van der Waals surface area contributed by atoms with E-state index < -0.39 is 0 Å². The molecule has 5 heteroatoms. The second-order valence-electron chi connectivity index (χ2n) is 7.89. The largest absolute Gasteiger partial charge is 0.378 e. The van der Waals surface area contributed by atoms with Crippen molar-refractivity contribution in [2.45, 2.75) is 13.0 Å². The number of nitrogens with one attached hydrogen (secondary N) is 1. The van der Waals surface area contributed by atoms with E-state index in [1.165, 1.54) is 22.0 Å². The molecule has 1 N–H and O–H groups in total. The third-order valence-corrected chi connectivity index (χ3v) is 5.84. The van der Waals surface area contributed by atoms with E-state index in [0.29, 0.717) is 6.54 Å². The maximum Gasteiger partial charge on any atom is 0.238 e. The standard InChI is InChI=1S/C25H29N3O2/c1-19(21-8-7-20-5-3-4-6-22(20)17-21)27(2)18-25(29)26-23-9-11-24(12-10-23)28-13-15-30-16-14-28/h3-12,17,19H,13-16,18H2,1-2H3,(H,26,29). The summed E-state index contributed by atoms with van der Waals surface area (Å²) in [5, 5.41) is 5.47. The predicted octanol–water partition coefficient (Wildman–Crippen LogP) is 4.31. The van der Waals surface area contributed by atoms with Gasteiger partial charge in [0, 0.05) is 30.5 Å². The van der Waals surface area contributed by atoms with E-state index in [-0.39, 0.29) is 11.9 Å². The van der Waals surface area contributed by atoms with Gasteiger partial charge in [-0.1, -0.05) is 36.4 Å². The van der Waals surface area contributed by atoms with Gasteiger partial charge in [-0.2, -0.15) is 0 Å². The second kappa shape index (κ2) is 9.28. The van der Waals surface area contributed by atoms with Crippen molar-refractivity contribution < 1.29 is 9.53 Å². The molecule has 5 nitrogen and oxygen atoms in total. The Morgan fingerprint density at radius 3 is 2.47 bits per heavy atom. The molecule has 0 radical (unpaired) electrons. The Balaban J connectivity index is 1.34. The van der Waals surface area contributed by atoms with Gasteiger partial charge in [-0.15, -0.1) is 0 Å².